The topological polar surface area (TPSA) is 68.3 Å². The monoisotopic (exact) mass is 338 g/mol. The van der Waals surface area contributed by atoms with Crippen molar-refractivity contribution >= 4 is 11.6 Å². The summed E-state index contributed by atoms with van der Waals surface area (Å²) in [7, 11) is 0. The van der Waals surface area contributed by atoms with E-state index >= 15 is 0 Å². The van der Waals surface area contributed by atoms with Crippen LogP contribution in [0.2, 0.25) is 0 Å². The molecule has 7 nitrogen and oxygen atoms in total. The van der Waals surface area contributed by atoms with Crippen LogP contribution in [0.1, 0.15) is 54.8 Å². The molecule has 0 bridgehead atoms. The van der Waals surface area contributed by atoms with Crippen LogP contribution in [0.15, 0.2) is 37.1 Å². The van der Waals surface area contributed by atoms with Crippen molar-refractivity contribution in [2.24, 2.45) is 0 Å². The van der Waals surface area contributed by atoms with E-state index in [9.17, 15) is 4.79 Å². The van der Waals surface area contributed by atoms with Gasteiger partial charge < -0.3 is 9.47 Å². The lowest BCUT2D eigenvalue weighted by molar-refractivity contribution is 0.0679. The first-order valence-electron chi connectivity index (χ1n) is 8.75. The van der Waals surface area contributed by atoms with Crippen LogP contribution >= 0.6 is 0 Å². The van der Waals surface area contributed by atoms with Crippen LogP contribution in [-0.2, 0) is 0 Å². The molecule has 3 aromatic rings. The molecule has 0 aliphatic carbocycles. The fraction of sp³-hybridized carbons (Fsp3) is 0.444. The summed E-state index contributed by atoms with van der Waals surface area (Å²) in [6, 6.07) is 2.07. The summed E-state index contributed by atoms with van der Waals surface area (Å²) in [5, 5.41) is 4.23. The summed E-state index contributed by atoms with van der Waals surface area (Å²) in [4.78, 5) is 23.7. The highest BCUT2D eigenvalue weighted by atomic mass is 16.2. The number of nitrogens with zero attached hydrogens (tertiary/aromatic N) is 6. The predicted octanol–water partition coefficient (Wildman–Crippen LogP) is 2.53. The first kappa shape index (κ1) is 15.8. The Labute approximate surface area is 146 Å². The lowest BCUT2D eigenvalue weighted by atomic mass is 10.0. The Hall–Kier alpha value is -2.70. The van der Waals surface area contributed by atoms with E-state index < -0.39 is 0 Å². The van der Waals surface area contributed by atoms with Gasteiger partial charge in [0.15, 0.2) is 5.65 Å². The highest BCUT2D eigenvalue weighted by Crippen LogP contribution is 2.26. The van der Waals surface area contributed by atoms with Gasteiger partial charge >= 0.3 is 0 Å². The van der Waals surface area contributed by atoms with Gasteiger partial charge in [0.2, 0.25) is 0 Å². The summed E-state index contributed by atoms with van der Waals surface area (Å²) in [5.41, 5.74) is 1.18. The zero-order valence-corrected chi connectivity index (χ0v) is 14.5. The SMILES string of the molecule is CC(C)c1nccn1[C@@H]1CCCN(C(=O)c2cnn3cccnc23)C1. The number of carbonyl (C=O) groups is 1. The van der Waals surface area contributed by atoms with Crippen molar-refractivity contribution < 1.29 is 4.79 Å². The van der Waals surface area contributed by atoms with Crippen molar-refractivity contribution in [1.29, 1.82) is 0 Å². The molecule has 25 heavy (non-hydrogen) atoms. The standard InChI is InChI=1S/C18H22N6O/c1-13(2)16-20-7-10-23(16)14-5-3-8-22(12-14)18(25)15-11-21-24-9-4-6-19-17(15)24/h4,6-7,9-11,13-14H,3,5,8,12H2,1-2H3/t14-/m1/s1. The van der Waals surface area contributed by atoms with Crippen LogP contribution in [0.3, 0.4) is 0 Å². The van der Waals surface area contributed by atoms with Gasteiger partial charge in [-0.05, 0) is 18.9 Å². The molecule has 1 aliphatic rings. The minimum Gasteiger partial charge on any atom is -0.336 e. The van der Waals surface area contributed by atoms with E-state index in [1.54, 1.807) is 29.2 Å². The Balaban J connectivity index is 1.59. The number of likely N-dealkylation sites (tertiary alicyclic amines) is 1. The number of piperidine rings is 1. The molecule has 1 atom stereocenters. The van der Waals surface area contributed by atoms with E-state index in [2.05, 4.69) is 33.5 Å². The second-order valence-electron chi connectivity index (χ2n) is 6.84. The second kappa shape index (κ2) is 6.31. The van der Waals surface area contributed by atoms with Gasteiger partial charge in [-0.15, -0.1) is 0 Å². The van der Waals surface area contributed by atoms with Gasteiger partial charge in [0, 0.05) is 43.8 Å². The maximum absolute atomic E-state index is 13.0. The van der Waals surface area contributed by atoms with Crippen LogP contribution in [0.5, 0.6) is 0 Å². The molecular weight excluding hydrogens is 316 g/mol. The predicted molar refractivity (Wildman–Crippen MR) is 93.5 cm³/mol. The number of amides is 1. The summed E-state index contributed by atoms with van der Waals surface area (Å²) in [6.07, 6.45) is 11.0. The molecule has 1 saturated heterocycles. The Morgan fingerprint density at radius 3 is 2.96 bits per heavy atom. The minimum atomic E-state index is 0.00427. The molecule has 0 spiro atoms. The van der Waals surface area contributed by atoms with Gasteiger partial charge in [-0.3, -0.25) is 4.79 Å². The quantitative estimate of drug-likeness (QED) is 0.736. The molecular formula is C18H22N6O. The molecule has 3 aromatic heterocycles. The van der Waals surface area contributed by atoms with E-state index in [1.165, 1.54) is 0 Å². The highest BCUT2D eigenvalue weighted by molar-refractivity contribution is 5.99. The van der Waals surface area contributed by atoms with Gasteiger partial charge in [-0.25, -0.2) is 14.5 Å². The maximum atomic E-state index is 13.0. The molecule has 1 aliphatic heterocycles. The molecule has 0 N–H and O–H groups in total. The Morgan fingerprint density at radius 1 is 1.24 bits per heavy atom. The minimum absolute atomic E-state index is 0.00427. The van der Waals surface area contributed by atoms with Gasteiger partial charge in [0.1, 0.15) is 11.4 Å². The largest absolute Gasteiger partial charge is 0.336 e. The van der Waals surface area contributed by atoms with E-state index in [1.807, 2.05) is 17.3 Å². The molecule has 0 unspecified atom stereocenters. The van der Waals surface area contributed by atoms with E-state index in [0.717, 1.165) is 25.2 Å². The highest BCUT2D eigenvalue weighted by Gasteiger charge is 2.28. The zero-order valence-electron chi connectivity index (χ0n) is 14.5. The van der Waals surface area contributed by atoms with Crippen LogP contribution in [0.25, 0.3) is 5.65 Å². The summed E-state index contributed by atoms with van der Waals surface area (Å²) < 4.78 is 3.87. The van der Waals surface area contributed by atoms with Crippen molar-refractivity contribution in [3.8, 4) is 0 Å². The maximum Gasteiger partial charge on any atom is 0.259 e. The van der Waals surface area contributed by atoms with E-state index in [-0.39, 0.29) is 11.9 Å². The van der Waals surface area contributed by atoms with Crippen molar-refractivity contribution in [3.63, 3.8) is 0 Å². The third kappa shape index (κ3) is 2.79. The average Bonchev–Trinajstić information content (AvgIpc) is 3.28. The van der Waals surface area contributed by atoms with Crippen LogP contribution < -0.4 is 0 Å². The van der Waals surface area contributed by atoms with Crippen molar-refractivity contribution in [1.82, 2.24) is 29.0 Å². The molecule has 0 aromatic carbocycles. The van der Waals surface area contributed by atoms with E-state index in [4.69, 9.17) is 0 Å². The first-order chi connectivity index (χ1) is 12.1. The van der Waals surface area contributed by atoms with Gasteiger partial charge in [0.05, 0.1) is 12.2 Å². The van der Waals surface area contributed by atoms with Gasteiger partial charge in [0.25, 0.3) is 5.91 Å². The number of carbonyl (C=O) groups excluding carboxylic acids is 1. The lowest BCUT2D eigenvalue weighted by Gasteiger charge is -2.34. The normalized spacial score (nSPS) is 18.2. The van der Waals surface area contributed by atoms with Gasteiger partial charge in [-0.1, -0.05) is 13.8 Å². The first-order valence-corrected chi connectivity index (χ1v) is 8.75. The van der Waals surface area contributed by atoms with E-state index in [0.29, 0.717) is 23.7 Å². The molecule has 0 saturated carbocycles. The fourth-order valence-corrected chi connectivity index (χ4v) is 3.60. The van der Waals surface area contributed by atoms with Crippen molar-refractivity contribution in [2.75, 3.05) is 13.1 Å². The summed E-state index contributed by atoms with van der Waals surface area (Å²) in [6.45, 7) is 5.76. The molecule has 130 valence electrons. The van der Waals surface area contributed by atoms with Crippen LogP contribution in [0, 0.1) is 0 Å². The van der Waals surface area contributed by atoms with Gasteiger partial charge in [-0.2, -0.15) is 5.10 Å². The average molecular weight is 338 g/mol. The Kier molecular flexibility index (Phi) is 3.99. The Morgan fingerprint density at radius 2 is 2.12 bits per heavy atom. The smallest absolute Gasteiger partial charge is 0.259 e. The summed E-state index contributed by atoms with van der Waals surface area (Å²) >= 11 is 0. The second-order valence-corrected chi connectivity index (χ2v) is 6.84. The molecule has 0 radical (unpaired) electrons. The number of hydrogen-bond donors (Lipinski definition) is 0. The molecule has 4 rings (SSSR count). The van der Waals surface area contributed by atoms with Crippen molar-refractivity contribution in [3.05, 3.63) is 48.4 Å². The third-order valence-corrected chi connectivity index (χ3v) is 4.80. The summed E-state index contributed by atoms with van der Waals surface area (Å²) in [5.74, 6) is 1.45. The van der Waals surface area contributed by atoms with Crippen molar-refractivity contribution in [2.45, 2.75) is 38.6 Å². The Bertz CT molecular complexity index is 896. The molecule has 7 heteroatoms. The number of rotatable bonds is 3. The fourth-order valence-electron chi connectivity index (χ4n) is 3.60. The molecule has 1 amide bonds. The zero-order chi connectivity index (χ0) is 17.4. The number of hydrogen-bond acceptors (Lipinski definition) is 4. The lowest BCUT2D eigenvalue weighted by Crippen LogP contribution is -2.41. The van der Waals surface area contributed by atoms with Crippen LogP contribution in [0.4, 0.5) is 0 Å². The van der Waals surface area contributed by atoms with Crippen LogP contribution in [-0.4, -0.2) is 48.0 Å². The third-order valence-electron chi connectivity index (χ3n) is 4.80. The number of imidazole rings is 1. The molecule has 1 fully saturated rings. The number of aromatic nitrogens is 5. The number of fused-ring (bicyclic) bond motifs is 1. The molecule has 4 heterocycles.